The third-order valence-electron chi connectivity index (χ3n) is 4.49. The van der Waals surface area contributed by atoms with E-state index in [-0.39, 0.29) is 5.91 Å². The van der Waals surface area contributed by atoms with Crippen LogP contribution in [0.15, 0.2) is 0 Å². The Balaban J connectivity index is 1.55. The first-order chi connectivity index (χ1) is 9.20. The van der Waals surface area contributed by atoms with Crippen LogP contribution in [0.4, 0.5) is 0 Å². The molecule has 0 spiro atoms. The minimum Gasteiger partial charge on any atom is -0.339 e. The summed E-state index contributed by atoms with van der Waals surface area (Å²) in [4.78, 5) is 16.4. The Kier molecular flexibility index (Phi) is 5.64. The van der Waals surface area contributed by atoms with Crippen molar-refractivity contribution in [1.29, 1.82) is 0 Å². The van der Waals surface area contributed by atoms with Gasteiger partial charge in [-0.15, -0.1) is 0 Å². The van der Waals surface area contributed by atoms with Crippen LogP contribution >= 0.6 is 0 Å². The molecule has 4 nitrogen and oxygen atoms in total. The zero-order valence-electron chi connectivity index (χ0n) is 12.5. The van der Waals surface area contributed by atoms with E-state index in [0.29, 0.717) is 12.6 Å². The quantitative estimate of drug-likeness (QED) is 0.707. The average molecular weight is 267 g/mol. The molecule has 1 heterocycles. The third-order valence-corrected chi connectivity index (χ3v) is 4.49. The lowest BCUT2D eigenvalue weighted by molar-refractivity contribution is -0.130. The van der Waals surface area contributed by atoms with Gasteiger partial charge in [-0.3, -0.25) is 4.79 Å². The highest BCUT2D eigenvalue weighted by Gasteiger charge is 2.30. The van der Waals surface area contributed by atoms with Gasteiger partial charge in [0.15, 0.2) is 0 Å². The first-order valence-corrected chi connectivity index (χ1v) is 7.89. The van der Waals surface area contributed by atoms with Gasteiger partial charge in [0.2, 0.25) is 5.91 Å². The highest BCUT2D eigenvalue weighted by Crippen LogP contribution is 2.26. The minimum absolute atomic E-state index is 0.286. The fraction of sp³-hybridized carbons (Fsp3) is 0.933. The van der Waals surface area contributed by atoms with Crippen LogP contribution < -0.4 is 5.32 Å². The molecule has 1 aliphatic heterocycles. The van der Waals surface area contributed by atoms with Gasteiger partial charge in [0.1, 0.15) is 0 Å². The Labute approximate surface area is 117 Å². The lowest BCUT2D eigenvalue weighted by atomic mass is 9.94. The van der Waals surface area contributed by atoms with Crippen LogP contribution in [-0.4, -0.2) is 61.5 Å². The largest absolute Gasteiger partial charge is 0.339 e. The summed E-state index contributed by atoms with van der Waals surface area (Å²) >= 11 is 0. The number of hydrogen-bond donors (Lipinski definition) is 1. The van der Waals surface area contributed by atoms with Gasteiger partial charge in [0.05, 0.1) is 6.54 Å². The van der Waals surface area contributed by atoms with E-state index in [1.807, 2.05) is 4.90 Å². The average Bonchev–Trinajstić information content (AvgIpc) is 3.22. The molecule has 1 aliphatic carbocycles. The summed E-state index contributed by atoms with van der Waals surface area (Å²) < 4.78 is 0. The molecule has 1 N–H and O–H groups in total. The Morgan fingerprint density at radius 1 is 1.26 bits per heavy atom. The molecule has 2 rings (SSSR count). The summed E-state index contributed by atoms with van der Waals surface area (Å²) in [5, 5.41) is 3.34. The second kappa shape index (κ2) is 7.25. The zero-order chi connectivity index (χ0) is 13.7. The van der Waals surface area contributed by atoms with E-state index in [1.165, 1.54) is 45.2 Å². The summed E-state index contributed by atoms with van der Waals surface area (Å²) in [7, 11) is 2.20. The maximum Gasteiger partial charge on any atom is 0.236 e. The Morgan fingerprint density at radius 3 is 2.53 bits per heavy atom. The standard InChI is InChI=1S/C15H29N3O/c1-3-18(14-4-5-14)15(19)12-16-9-6-13-7-10-17(2)11-8-13/h13-14,16H,3-12H2,1-2H3. The Bertz CT molecular complexity index is 283. The smallest absolute Gasteiger partial charge is 0.236 e. The van der Waals surface area contributed by atoms with Crippen molar-refractivity contribution in [2.24, 2.45) is 5.92 Å². The van der Waals surface area contributed by atoms with E-state index < -0.39 is 0 Å². The van der Waals surface area contributed by atoms with E-state index in [2.05, 4.69) is 24.2 Å². The molecule has 0 atom stereocenters. The van der Waals surface area contributed by atoms with E-state index in [1.54, 1.807) is 0 Å². The SMILES string of the molecule is CCN(C(=O)CNCCC1CCN(C)CC1)C1CC1. The third kappa shape index (κ3) is 4.77. The first-order valence-electron chi connectivity index (χ1n) is 7.89. The number of likely N-dealkylation sites (tertiary alicyclic amines) is 1. The van der Waals surface area contributed by atoms with Gasteiger partial charge in [0, 0.05) is 12.6 Å². The lowest BCUT2D eigenvalue weighted by Gasteiger charge is -2.29. The van der Waals surface area contributed by atoms with Crippen LogP contribution in [0, 0.1) is 5.92 Å². The molecule has 2 fully saturated rings. The van der Waals surface area contributed by atoms with Crippen molar-refractivity contribution in [1.82, 2.24) is 15.1 Å². The molecule has 0 aromatic rings. The number of hydrogen-bond acceptors (Lipinski definition) is 3. The van der Waals surface area contributed by atoms with Crippen molar-refractivity contribution in [3.8, 4) is 0 Å². The number of carbonyl (C=O) groups is 1. The molecule has 110 valence electrons. The van der Waals surface area contributed by atoms with Crippen molar-refractivity contribution < 1.29 is 4.79 Å². The molecule has 0 radical (unpaired) electrons. The maximum atomic E-state index is 12.0. The van der Waals surface area contributed by atoms with Gasteiger partial charge in [-0.2, -0.15) is 0 Å². The molecule has 1 saturated carbocycles. The van der Waals surface area contributed by atoms with Crippen LogP contribution in [0.25, 0.3) is 0 Å². The van der Waals surface area contributed by atoms with E-state index >= 15 is 0 Å². The number of nitrogens with zero attached hydrogens (tertiary/aromatic N) is 2. The molecule has 0 bridgehead atoms. The van der Waals surface area contributed by atoms with Crippen molar-refractivity contribution in [3.05, 3.63) is 0 Å². The highest BCUT2D eigenvalue weighted by molar-refractivity contribution is 5.78. The molecule has 2 aliphatic rings. The number of nitrogens with one attached hydrogen (secondary N) is 1. The van der Waals surface area contributed by atoms with Crippen molar-refractivity contribution in [2.75, 3.05) is 39.8 Å². The predicted octanol–water partition coefficient (Wildman–Crippen LogP) is 1.32. The number of amides is 1. The lowest BCUT2D eigenvalue weighted by Crippen LogP contribution is -2.40. The fourth-order valence-electron chi connectivity index (χ4n) is 2.98. The maximum absolute atomic E-state index is 12.0. The number of carbonyl (C=O) groups excluding carboxylic acids is 1. The molecule has 0 aromatic heterocycles. The first kappa shape index (κ1) is 14.8. The van der Waals surface area contributed by atoms with Crippen LogP contribution in [-0.2, 0) is 4.79 Å². The van der Waals surface area contributed by atoms with Gasteiger partial charge in [0.25, 0.3) is 0 Å². The van der Waals surface area contributed by atoms with E-state index in [4.69, 9.17) is 0 Å². The molecule has 0 unspecified atom stereocenters. The van der Waals surface area contributed by atoms with Crippen LogP contribution in [0.3, 0.4) is 0 Å². The fourth-order valence-corrected chi connectivity index (χ4v) is 2.98. The molecule has 1 amide bonds. The van der Waals surface area contributed by atoms with Crippen molar-refractivity contribution in [2.45, 2.75) is 45.1 Å². The highest BCUT2D eigenvalue weighted by atomic mass is 16.2. The Hall–Kier alpha value is -0.610. The number of likely N-dealkylation sites (N-methyl/N-ethyl adjacent to an activating group) is 1. The molecule has 4 heteroatoms. The summed E-state index contributed by atoms with van der Waals surface area (Å²) in [6, 6.07) is 0.549. The van der Waals surface area contributed by atoms with Crippen LogP contribution in [0.1, 0.15) is 39.0 Å². The topological polar surface area (TPSA) is 35.6 Å². The second-order valence-electron chi connectivity index (χ2n) is 6.12. The molecule has 19 heavy (non-hydrogen) atoms. The second-order valence-corrected chi connectivity index (χ2v) is 6.12. The van der Waals surface area contributed by atoms with E-state index in [0.717, 1.165) is 19.0 Å². The molecule has 0 aromatic carbocycles. The monoisotopic (exact) mass is 267 g/mol. The van der Waals surface area contributed by atoms with Gasteiger partial charge < -0.3 is 15.1 Å². The van der Waals surface area contributed by atoms with Gasteiger partial charge >= 0.3 is 0 Å². The predicted molar refractivity (Wildman–Crippen MR) is 78.1 cm³/mol. The molecule has 1 saturated heterocycles. The van der Waals surface area contributed by atoms with E-state index in [9.17, 15) is 4.79 Å². The summed E-state index contributed by atoms with van der Waals surface area (Å²) in [5.41, 5.74) is 0. The van der Waals surface area contributed by atoms with Gasteiger partial charge in [-0.05, 0) is 71.6 Å². The molecular weight excluding hydrogens is 238 g/mol. The van der Waals surface area contributed by atoms with Gasteiger partial charge in [-0.25, -0.2) is 0 Å². The Morgan fingerprint density at radius 2 is 1.95 bits per heavy atom. The van der Waals surface area contributed by atoms with Crippen LogP contribution in [0.5, 0.6) is 0 Å². The minimum atomic E-state index is 0.286. The van der Waals surface area contributed by atoms with Crippen molar-refractivity contribution >= 4 is 5.91 Å². The zero-order valence-corrected chi connectivity index (χ0v) is 12.5. The number of rotatable bonds is 7. The molecular formula is C15H29N3O. The normalized spacial score (nSPS) is 21.6. The van der Waals surface area contributed by atoms with Gasteiger partial charge in [-0.1, -0.05) is 0 Å². The summed E-state index contributed by atoms with van der Waals surface area (Å²) in [6.45, 7) is 6.91. The summed E-state index contributed by atoms with van der Waals surface area (Å²) in [5.74, 6) is 1.14. The van der Waals surface area contributed by atoms with Crippen molar-refractivity contribution in [3.63, 3.8) is 0 Å². The summed E-state index contributed by atoms with van der Waals surface area (Å²) in [6.07, 6.45) is 6.26. The number of piperidine rings is 1. The van der Waals surface area contributed by atoms with Crippen LogP contribution in [0.2, 0.25) is 0 Å².